The smallest absolute Gasteiger partial charge is 0.168 e. The second-order valence-corrected chi connectivity index (χ2v) is 5.00. The Hall–Kier alpha value is -1.94. The lowest BCUT2D eigenvalue weighted by Crippen LogP contribution is -2.01. The van der Waals surface area contributed by atoms with Gasteiger partial charge in [0.2, 0.25) is 0 Å². The molecule has 0 saturated heterocycles. The first-order valence-electron chi connectivity index (χ1n) is 6.02. The first kappa shape index (κ1) is 12.1. The van der Waals surface area contributed by atoms with Crippen molar-refractivity contribution in [2.24, 2.45) is 0 Å². The van der Waals surface area contributed by atoms with Gasteiger partial charge in [-0.05, 0) is 32.4 Å². The van der Waals surface area contributed by atoms with Crippen molar-refractivity contribution in [3.8, 4) is 5.69 Å². The van der Waals surface area contributed by atoms with Crippen molar-refractivity contribution in [2.45, 2.75) is 20.8 Å². The van der Waals surface area contributed by atoms with Gasteiger partial charge in [-0.15, -0.1) is 0 Å². The van der Waals surface area contributed by atoms with Crippen molar-refractivity contribution in [1.82, 2.24) is 19.7 Å². The molecule has 2 aromatic heterocycles. The van der Waals surface area contributed by atoms with E-state index in [0.717, 1.165) is 22.3 Å². The topological polar surface area (TPSA) is 43.6 Å². The Labute approximate surface area is 116 Å². The molecule has 0 atom stereocenters. The number of hydrogen-bond donors (Lipinski definition) is 0. The normalized spacial score (nSPS) is 11.2. The number of rotatable bonds is 1. The van der Waals surface area contributed by atoms with Gasteiger partial charge in [0.25, 0.3) is 0 Å². The first-order chi connectivity index (χ1) is 9.06. The van der Waals surface area contributed by atoms with E-state index in [1.807, 2.05) is 17.7 Å². The summed E-state index contributed by atoms with van der Waals surface area (Å²) in [5.74, 6) is 0.643. The van der Waals surface area contributed by atoms with Crippen LogP contribution < -0.4 is 0 Å². The van der Waals surface area contributed by atoms with Gasteiger partial charge in [0.05, 0.1) is 17.3 Å². The molecule has 5 heteroatoms. The molecule has 19 heavy (non-hydrogen) atoms. The summed E-state index contributed by atoms with van der Waals surface area (Å²) in [5.41, 5.74) is 4.12. The minimum absolute atomic E-state index is 0.443. The fraction of sp³-hybridized carbons (Fsp3) is 0.214. The van der Waals surface area contributed by atoms with E-state index in [2.05, 4.69) is 41.0 Å². The van der Waals surface area contributed by atoms with Crippen LogP contribution in [-0.4, -0.2) is 19.7 Å². The highest BCUT2D eigenvalue weighted by molar-refractivity contribution is 6.33. The molecule has 3 aromatic rings. The lowest BCUT2D eigenvalue weighted by Gasteiger charge is -2.08. The number of aromatic nitrogens is 4. The van der Waals surface area contributed by atoms with Crippen LogP contribution in [0.3, 0.4) is 0 Å². The highest BCUT2D eigenvalue weighted by Crippen LogP contribution is 2.24. The van der Waals surface area contributed by atoms with Crippen LogP contribution in [0.15, 0.2) is 24.4 Å². The van der Waals surface area contributed by atoms with Gasteiger partial charge in [-0.2, -0.15) is 5.10 Å². The van der Waals surface area contributed by atoms with E-state index in [1.165, 1.54) is 5.56 Å². The van der Waals surface area contributed by atoms with Gasteiger partial charge < -0.3 is 0 Å². The van der Waals surface area contributed by atoms with Gasteiger partial charge in [-0.3, -0.25) is 0 Å². The third-order valence-corrected chi connectivity index (χ3v) is 3.36. The highest BCUT2D eigenvalue weighted by atomic mass is 35.5. The summed E-state index contributed by atoms with van der Waals surface area (Å²) >= 11 is 6.12. The molecular weight excluding hydrogens is 260 g/mol. The standard InChI is InChI=1S/C14H13ClN4/c1-8-4-5-12(9(2)6-8)19-14-11(7-16-19)13(15)17-10(3)18-14/h4-7H,1-3H3. The largest absolute Gasteiger partial charge is 0.221 e. The Kier molecular flexibility index (Phi) is 2.75. The fourth-order valence-electron chi connectivity index (χ4n) is 2.19. The molecule has 0 spiro atoms. The van der Waals surface area contributed by atoms with Gasteiger partial charge in [0, 0.05) is 0 Å². The molecule has 0 aliphatic rings. The second kappa shape index (κ2) is 4.31. The van der Waals surface area contributed by atoms with Crippen molar-refractivity contribution < 1.29 is 0 Å². The summed E-state index contributed by atoms with van der Waals surface area (Å²) in [6, 6.07) is 6.23. The van der Waals surface area contributed by atoms with Crippen LogP contribution >= 0.6 is 11.6 Å². The molecule has 0 aliphatic carbocycles. The summed E-state index contributed by atoms with van der Waals surface area (Å²) in [4.78, 5) is 8.59. The Bertz CT molecular complexity index is 776. The van der Waals surface area contributed by atoms with Gasteiger partial charge in [-0.1, -0.05) is 29.3 Å². The molecule has 1 aromatic carbocycles. The molecule has 0 unspecified atom stereocenters. The number of halogens is 1. The van der Waals surface area contributed by atoms with E-state index in [1.54, 1.807) is 6.20 Å². The Balaban J connectivity index is 2.31. The van der Waals surface area contributed by atoms with Crippen LogP contribution in [0.25, 0.3) is 16.7 Å². The summed E-state index contributed by atoms with van der Waals surface area (Å²) in [6.07, 6.45) is 1.70. The van der Waals surface area contributed by atoms with Crippen LogP contribution in [-0.2, 0) is 0 Å². The predicted molar refractivity (Wildman–Crippen MR) is 75.9 cm³/mol. The van der Waals surface area contributed by atoms with Crippen LogP contribution in [0.2, 0.25) is 5.15 Å². The van der Waals surface area contributed by atoms with Crippen LogP contribution in [0.1, 0.15) is 17.0 Å². The van der Waals surface area contributed by atoms with Gasteiger partial charge in [0.15, 0.2) is 5.65 Å². The van der Waals surface area contributed by atoms with Gasteiger partial charge >= 0.3 is 0 Å². The number of benzene rings is 1. The summed E-state index contributed by atoms with van der Waals surface area (Å²) in [5, 5.41) is 5.60. The van der Waals surface area contributed by atoms with E-state index in [9.17, 15) is 0 Å². The van der Waals surface area contributed by atoms with Crippen molar-refractivity contribution in [3.63, 3.8) is 0 Å². The maximum absolute atomic E-state index is 6.12. The molecule has 96 valence electrons. The molecule has 4 nitrogen and oxygen atoms in total. The third kappa shape index (κ3) is 1.98. The summed E-state index contributed by atoms with van der Waals surface area (Å²) < 4.78 is 1.81. The summed E-state index contributed by atoms with van der Waals surface area (Å²) in [6.45, 7) is 5.96. The van der Waals surface area contributed by atoms with Crippen molar-refractivity contribution >= 4 is 22.6 Å². The molecular formula is C14H13ClN4. The van der Waals surface area contributed by atoms with Crippen molar-refractivity contribution in [2.75, 3.05) is 0 Å². The lowest BCUT2D eigenvalue weighted by molar-refractivity contribution is 0.881. The van der Waals surface area contributed by atoms with Gasteiger partial charge in [-0.25, -0.2) is 14.6 Å². The molecule has 3 rings (SSSR count). The van der Waals surface area contributed by atoms with E-state index >= 15 is 0 Å². The Morgan fingerprint density at radius 2 is 1.89 bits per heavy atom. The molecule has 0 fully saturated rings. The average Bonchev–Trinajstić information content (AvgIpc) is 2.73. The molecule has 0 aliphatic heterocycles. The zero-order chi connectivity index (χ0) is 13.6. The SMILES string of the molecule is Cc1ccc(-n2ncc3c(Cl)nc(C)nc32)c(C)c1. The minimum Gasteiger partial charge on any atom is -0.221 e. The number of nitrogens with zero attached hydrogens (tertiary/aromatic N) is 4. The third-order valence-electron chi connectivity index (χ3n) is 3.07. The van der Waals surface area contributed by atoms with Crippen molar-refractivity contribution in [1.29, 1.82) is 0 Å². The molecule has 0 radical (unpaired) electrons. The lowest BCUT2D eigenvalue weighted by atomic mass is 10.1. The van der Waals surface area contributed by atoms with E-state index < -0.39 is 0 Å². The molecule has 0 amide bonds. The number of hydrogen-bond acceptors (Lipinski definition) is 3. The minimum atomic E-state index is 0.443. The van der Waals surface area contributed by atoms with E-state index in [-0.39, 0.29) is 0 Å². The Morgan fingerprint density at radius 1 is 1.11 bits per heavy atom. The van der Waals surface area contributed by atoms with E-state index in [0.29, 0.717) is 11.0 Å². The van der Waals surface area contributed by atoms with Crippen LogP contribution in [0.5, 0.6) is 0 Å². The van der Waals surface area contributed by atoms with Gasteiger partial charge in [0.1, 0.15) is 11.0 Å². The number of aryl methyl sites for hydroxylation is 3. The maximum Gasteiger partial charge on any atom is 0.168 e. The molecule has 0 bridgehead atoms. The number of fused-ring (bicyclic) bond motifs is 1. The maximum atomic E-state index is 6.12. The summed E-state index contributed by atoms with van der Waals surface area (Å²) in [7, 11) is 0. The zero-order valence-electron chi connectivity index (χ0n) is 11.0. The van der Waals surface area contributed by atoms with E-state index in [4.69, 9.17) is 11.6 Å². The second-order valence-electron chi connectivity index (χ2n) is 4.65. The quantitative estimate of drug-likeness (QED) is 0.638. The molecule has 0 saturated carbocycles. The van der Waals surface area contributed by atoms with Crippen LogP contribution in [0, 0.1) is 20.8 Å². The molecule has 0 N–H and O–H groups in total. The highest BCUT2D eigenvalue weighted by Gasteiger charge is 2.12. The average molecular weight is 273 g/mol. The predicted octanol–water partition coefficient (Wildman–Crippen LogP) is 3.39. The monoisotopic (exact) mass is 272 g/mol. The Morgan fingerprint density at radius 3 is 2.63 bits per heavy atom. The fourth-order valence-corrected chi connectivity index (χ4v) is 2.45. The first-order valence-corrected chi connectivity index (χ1v) is 6.39. The van der Waals surface area contributed by atoms with Crippen LogP contribution in [0.4, 0.5) is 0 Å². The zero-order valence-corrected chi connectivity index (χ0v) is 11.7. The van der Waals surface area contributed by atoms with Crippen molar-refractivity contribution in [3.05, 3.63) is 46.5 Å². The molecule has 2 heterocycles.